The highest BCUT2D eigenvalue weighted by Crippen LogP contribution is 2.33. The Morgan fingerprint density at radius 3 is 1.59 bits per heavy atom. The largest absolute Gasteiger partial charge is 0.492 e. The summed E-state index contributed by atoms with van der Waals surface area (Å²) >= 11 is 0. The van der Waals surface area contributed by atoms with E-state index in [2.05, 4.69) is 29.9 Å². The van der Waals surface area contributed by atoms with Crippen LogP contribution in [-0.4, -0.2) is 67.0 Å². The van der Waals surface area contributed by atoms with Crippen LogP contribution in [0.3, 0.4) is 0 Å². The maximum absolute atomic E-state index is 6.12. The highest BCUT2D eigenvalue weighted by Gasteiger charge is 2.18. The molecule has 0 fully saturated rings. The van der Waals surface area contributed by atoms with Gasteiger partial charge in [-0.05, 0) is 38.4 Å². The third kappa shape index (κ3) is 5.71. The number of nitrogens with zero attached hydrogens (tertiary/aromatic N) is 8. The Kier molecular flexibility index (Phi) is 7.18. The first-order valence-corrected chi connectivity index (χ1v) is 13.5. The van der Waals surface area contributed by atoms with Crippen molar-refractivity contribution in [2.24, 2.45) is 0 Å². The molecular formula is C31H24N8O5. The smallest absolute Gasteiger partial charge is 0.245 e. The van der Waals surface area contributed by atoms with Crippen molar-refractivity contribution in [1.82, 2.24) is 39.8 Å². The zero-order chi connectivity index (χ0) is 29.9. The average molecular weight is 589 g/mol. The minimum Gasteiger partial charge on any atom is -0.492 e. The van der Waals surface area contributed by atoms with Gasteiger partial charge >= 0.3 is 0 Å². The first-order chi connectivity index (χ1) is 21.6. The molecule has 0 atom stereocenters. The first-order valence-electron chi connectivity index (χ1n) is 13.5. The molecule has 44 heavy (non-hydrogen) atoms. The number of pyridine rings is 3. The van der Waals surface area contributed by atoms with Gasteiger partial charge in [-0.15, -0.1) is 0 Å². The molecule has 0 aliphatic rings. The fourth-order valence-corrected chi connectivity index (χ4v) is 4.28. The molecule has 0 aliphatic carbocycles. The maximum atomic E-state index is 6.12. The molecule has 0 amide bonds. The van der Waals surface area contributed by atoms with Gasteiger partial charge in [-0.1, -0.05) is 12.1 Å². The van der Waals surface area contributed by atoms with Gasteiger partial charge in [0, 0.05) is 18.7 Å². The minimum atomic E-state index is 0.323. The fourth-order valence-electron chi connectivity index (χ4n) is 4.28. The Bertz CT molecular complexity index is 1860. The van der Waals surface area contributed by atoms with Gasteiger partial charge in [-0.25, -0.2) is 34.9 Å². The van der Waals surface area contributed by atoms with Gasteiger partial charge in [0.15, 0.2) is 35.8 Å². The predicted molar refractivity (Wildman–Crippen MR) is 157 cm³/mol. The Hall–Kier alpha value is -5.95. The van der Waals surface area contributed by atoms with Crippen molar-refractivity contribution >= 4 is 0 Å². The summed E-state index contributed by atoms with van der Waals surface area (Å²) in [4.78, 5) is 32.9. The summed E-state index contributed by atoms with van der Waals surface area (Å²) in [5.41, 5.74) is 3.27. The highest BCUT2D eigenvalue weighted by atomic mass is 16.5. The van der Waals surface area contributed by atoms with E-state index in [1.165, 1.54) is 12.8 Å². The Morgan fingerprint density at radius 2 is 1.11 bits per heavy atom. The highest BCUT2D eigenvalue weighted by molar-refractivity contribution is 5.66. The van der Waals surface area contributed by atoms with Gasteiger partial charge in [0.05, 0.1) is 24.8 Å². The van der Waals surface area contributed by atoms with E-state index in [0.717, 1.165) is 6.54 Å². The molecule has 7 aromatic rings. The fraction of sp³-hybridized carbons (Fsp3) is 0.129. The molecular weight excluding hydrogens is 564 g/mol. The van der Waals surface area contributed by atoms with Crippen LogP contribution >= 0.6 is 0 Å². The lowest BCUT2D eigenvalue weighted by Crippen LogP contribution is -2.19. The Balaban J connectivity index is 1.21. The topological polar surface area (TPSA) is 155 Å². The van der Waals surface area contributed by atoms with Crippen LogP contribution < -0.4 is 4.74 Å². The molecule has 0 spiro atoms. The number of ether oxygens (including phenoxy) is 1. The molecule has 0 N–H and O–H groups in total. The number of hydrogen-bond donors (Lipinski definition) is 0. The zero-order valence-electron chi connectivity index (χ0n) is 23.6. The van der Waals surface area contributed by atoms with Crippen LogP contribution in [0.4, 0.5) is 0 Å². The molecule has 0 unspecified atom stereocenters. The van der Waals surface area contributed by atoms with E-state index in [0.29, 0.717) is 81.3 Å². The van der Waals surface area contributed by atoms with E-state index in [1.807, 2.05) is 43.3 Å². The standard InChI is InChI=1S/C31H24N8O5/c1-39(2)9-10-40-19-11-24(28-15-34-30(43-28)22-7-3-5-20(36-22)26-13-32-17-41-26)38-25(12-19)29-16-35-31(44-29)23-8-4-6-21(37-23)27-14-33-18-42-27/h3-8,11-18H,9-10H2,1-2H3. The molecule has 13 heteroatoms. The van der Waals surface area contributed by atoms with Crippen molar-refractivity contribution in [3.05, 3.63) is 86.1 Å². The second-order valence-corrected chi connectivity index (χ2v) is 9.83. The van der Waals surface area contributed by atoms with Crippen molar-refractivity contribution in [3.63, 3.8) is 0 Å². The molecule has 0 saturated carbocycles. The van der Waals surface area contributed by atoms with Crippen LogP contribution in [0.5, 0.6) is 5.75 Å². The van der Waals surface area contributed by atoms with Gasteiger partial charge < -0.3 is 27.3 Å². The van der Waals surface area contributed by atoms with E-state index in [9.17, 15) is 0 Å². The zero-order valence-corrected chi connectivity index (χ0v) is 23.6. The molecule has 13 nitrogen and oxygen atoms in total. The molecule has 0 bridgehead atoms. The van der Waals surface area contributed by atoms with Gasteiger partial charge in [-0.2, -0.15) is 0 Å². The summed E-state index contributed by atoms with van der Waals surface area (Å²) in [7, 11) is 3.96. The number of hydrogen-bond acceptors (Lipinski definition) is 13. The van der Waals surface area contributed by atoms with Gasteiger partial charge in [0.2, 0.25) is 11.8 Å². The van der Waals surface area contributed by atoms with Crippen molar-refractivity contribution < 1.29 is 22.4 Å². The minimum absolute atomic E-state index is 0.323. The maximum Gasteiger partial charge on any atom is 0.245 e. The quantitative estimate of drug-likeness (QED) is 0.190. The third-order valence-electron chi connectivity index (χ3n) is 6.43. The monoisotopic (exact) mass is 588 g/mol. The summed E-state index contributed by atoms with van der Waals surface area (Å²) in [6.45, 7) is 1.20. The van der Waals surface area contributed by atoms with E-state index in [-0.39, 0.29) is 0 Å². The average Bonchev–Trinajstić information content (AvgIpc) is 3.88. The van der Waals surface area contributed by atoms with Crippen molar-refractivity contribution in [1.29, 1.82) is 0 Å². The summed E-state index contributed by atoms with van der Waals surface area (Å²) < 4.78 is 29.1. The van der Waals surface area contributed by atoms with Crippen LogP contribution in [0.2, 0.25) is 0 Å². The lowest BCUT2D eigenvalue weighted by atomic mass is 10.2. The molecule has 7 heterocycles. The lowest BCUT2D eigenvalue weighted by molar-refractivity contribution is 0.261. The van der Waals surface area contributed by atoms with E-state index in [4.69, 9.17) is 27.4 Å². The van der Waals surface area contributed by atoms with Crippen LogP contribution in [-0.2, 0) is 0 Å². The van der Waals surface area contributed by atoms with Crippen LogP contribution in [0.25, 0.3) is 69.0 Å². The second-order valence-electron chi connectivity index (χ2n) is 9.83. The number of oxazole rings is 4. The first kappa shape index (κ1) is 26.9. The van der Waals surface area contributed by atoms with E-state index in [1.54, 1.807) is 49.1 Å². The molecule has 0 saturated heterocycles. The third-order valence-corrected chi connectivity index (χ3v) is 6.43. The predicted octanol–water partition coefficient (Wildman–Crippen LogP) is 5.77. The van der Waals surface area contributed by atoms with Crippen molar-refractivity contribution in [2.45, 2.75) is 0 Å². The number of likely N-dealkylation sites (N-methyl/N-ethyl adjacent to an activating group) is 1. The Morgan fingerprint density at radius 1 is 0.614 bits per heavy atom. The van der Waals surface area contributed by atoms with Crippen LogP contribution in [0, 0.1) is 0 Å². The second kappa shape index (κ2) is 11.7. The molecule has 0 radical (unpaired) electrons. The lowest BCUT2D eigenvalue weighted by Gasteiger charge is -2.12. The molecule has 0 aliphatic heterocycles. The van der Waals surface area contributed by atoms with Gasteiger partial charge in [-0.3, -0.25) is 0 Å². The summed E-state index contributed by atoms with van der Waals surface area (Å²) in [5, 5.41) is 0. The van der Waals surface area contributed by atoms with Gasteiger partial charge in [0.25, 0.3) is 0 Å². The SMILES string of the molecule is CN(C)CCOc1cc(-c2cnc(-c3cccc(-c4cnco4)n3)o2)nc(-c2cnc(-c3cccc(-c4cnco4)n3)o2)c1. The van der Waals surface area contributed by atoms with Gasteiger partial charge in [0.1, 0.15) is 46.5 Å². The van der Waals surface area contributed by atoms with E-state index < -0.39 is 0 Å². The number of rotatable bonds is 10. The molecule has 218 valence electrons. The summed E-state index contributed by atoms with van der Waals surface area (Å²) in [6, 6.07) is 14.5. The van der Waals surface area contributed by atoms with Crippen molar-refractivity contribution in [2.75, 3.05) is 27.2 Å². The molecule has 0 aromatic carbocycles. The molecule has 7 rings (SSSR count). The Labute approximate surface area is 250 Å². The summed E-state index contributed by atoms with van der Waals surface area (Å²) in [6.07, 6.45) is 9.09. The van der Waals surface area contributed by atoms with E-state index >= 15 is 0 Å². The normalized spacial score (nSPS) is 11.3. The van der Waals surface area contributed by atoms with Crippen molar-refractivity contribution in [3.8, 4) is 74.7 Å². The van der Waals surface area contributed by atoms with Crippen LogP contribution in [0.1, 0.15) is 0 Å². The summed E-state index contributed by atoms with van der Waals surface area (Å²) in [5.74, 6) is 3.16. The molecule has 7 aromatic heterocycles. The van der Waals surface area contributed by atoms with Crippen LogP contribution in [0.15, 0.2) is 104 Å². The number of aromatic nitrogens is 7.